The number of rotatable bonds is 4. The molecule has 0 amide bonds. The van der Waals surface area contributed by atoms with Crippen LogP contribution in [0.5, 0.6) is 0 Å². The number of carboxylic acid groups (broad SMARTS) is 1. The van der Waals surface area contributed by atoms with E-state index >= 15 is 0 Å². The van der Waals surface area contributed by atoms with E-state index < -0.39 is 5.97 Å². The van der Waals surface area contributed by atoms with Gasteiger partial charge in [0.1, 0.15) is 0 Å². The molecule has 0 fully saturated rings. The molecule has 0 aliphatic rings. The maximum absolute atomic E-state index is 10.9. The minimum absolute atomic E-state index is 0.254. The number of hydrogen-bond donors (Lipinski definition) is 1. The van der Waals surface area contributed by atoms with Crippen molar-refractivity contribution in [3.8, 4) is 0 Å². The van der Waals surface area contributed by atoms with Gasteiger partial charge >= 0.3 is 5.97 Å². The summed E-state index contributed by atoms with van der Waals surface area (Å²) in [5.74, 6) is -0.272. The highest BCUT2D eigenvalue weighted by Crippen LogP contribution is 2.24. The average Bonchev–Trinajstić information content (AvgIpc) is 2.72. The van der Waals surface area contributed by atoms with Crippen molar-refractivity contribution in [1.82, 2.24) is 20.2 Å². The van der Waals surface area contributed by atoms with Gasteiger partial charge in [0.15, 0.2) is 0 Å². The third-order valence-corrected chi connectivity index (χ3v) is 3.95. The molecule has 1 heterocycles. The van der Waals surface area contributed by atoms with Gasteiger partial charge in [-0.2, -0.15) is 0 Å². The summed E-state index contributed by atoms with van der Waals surface area (Å²) < 4.78 is 2.16. The minimum Gasteiger partial charge on any atom is -0.478 e. The standard InChI is InChI=1S/C10H9BrN4O2S/c1-15-10(12-13-14-15)18-5-6-2-3-7(9(16)17)8(11)4-6/h2-4H,5H2,1H3,(H,16,17). The van der Waals surface area contributed by atoms with Gasteiger partial charge in [-0.1, -0.05) is 17.8 Å². The number of nitrogens with zero attached hydrogens (tertiary/aromatic N) is 4. The van der Waals surface area contributed by atoms with E-state index in [0.717, 1.165) is 5.56 Å². The summed E-state index contributed by atoms with van der Waals surface area (Å²) in [6.45, 7) is 0. The number of thioether (sulfide) groups is 1. The van der Waals surface area contributed by atoms with Crippen LogP contribution in [-0.4, -0.2) is 31.3 Å². The van der Waals surface area contributed by atoms with E-state index in [1.807, 2.05) is 0 Å². The third-order valence-electron chi connectivity index (χ3n) is 2.21. The Morgan fingerprint density at radius 1 is 1.56 bits per heavy atom. The lowest BCUT2D eigenvalue weighted by molar-refractivity contribution is 0.0696. The number of aryl methyl sites for hydroxylation is 1. The van der Waals surface area contributed by atoms with E-state index in [4.69, 9.17) is 5.11 Å². The number of carbonyl (C=O) groups is 1. The highest BCUT2D eigenvalue weighted by Gasteiger charge is 2.09. The Kier molecular flexibility index (Phi) is 3.97. The lowest BCUT2D eigenvalue weighted by Gasteiger charge is -2.03. The number of tetrazole rings is 1. The Morgan fingerprint density at radius 3 is 2.89 bits per heavy atom. The van der Waals surface area contributed by atoms with Crippen molar-refractivity contribution in [2.24, 2.45) is 7.05 Å². The van der Waals surface area contributed by atoms with E-state index in [-0.39, 0.29) is 5.56 Å². The van der Waals surface area contributed by atoms with Crippen LogP contribution in [0.4, 0.5) is 0 Å². The van der Waals surface area contributed by atoms with Gasteiger partial charge in [0.05, 0.1) is 5.56 Å². The molecule has 0 unspecified atom stereocenters. The highest BCUT2D eigenvalue weighted by molar-refractivity contribution is 9.10. The maximum Gasteiger partial charge on any atom is 0.336 e. The molecule has 0 saturated heterocycles. The zero-order chi connectivity index (χ0) is 13.1. The van der Waals surface area contributed by atoms with Crippen LogP contribution in [0, 0.1) is 0 Å². The van der Waals surface area contributed by atoms with Crippen LogP contribution in [0.15, 0.2) is 27.8 Å². The van der Waals surface area contributed by atoms with Gasteiger partial charge in [0.2, 0.25) is 5.16 Å². The van der Waals surface area contributed by atoms with Crippen LogP contribution in [0.2, 0.25) is 0 Å². The molecule has 0 aliphatic carbocycles. The van der Waals surface area contributed by atoms with E-state index in [1.165, 1.54) is 11.8 Å². The molecule has 8 heteroatoms. The first-order valence-electron chi connectivity index (χ1n) is 4.95. The lowest BCUT2D eigenvalue weighted by atomic mass is 10.1. The number of carboxylic acids is 1. The van der Waals surface area contributed by atoms with Crippen molar-refractivity contribution in [2.45, 2.75) is 10.9 Å². The second-order valence-corrected chi connectivity index (χ2v) is 5.29. The van der Waals surface area contributed by atoms with Crippen LogP contribution in [-0.2, 0) is 12.8 Å². The lowest BCUT2D eigenvalue weighted by Crippen LogP contribution is -1.98. The van der Waals surface area contributed by atoms with E-state index in [2.05, 4.69) is 31.5 Å². The molecular weight excluding hydrogens is 320 g/mol. The topological polar surface area (TPSA) is 80.9 Å². The van der Waals surface area contributed by atoms with E-state index in [1.54, 1.807) is 29.9 Å². The Labute approximate surface area is 116 Å². The van der Waals surface area contributed by atoms with Crippen molar-refractivity contribution in [3.63, 3.8) is 0 Å². The first-order chi connectivity index (χ1) is 8.58. The predicted octanol–water partition coefficient (Wildman–Crippen LogP) is 1.96. The summed E-state index contributed by atoms with van der Waals surface area (Å²) in [5.41, 5.74) is 1.25. The minimum atomic E-state index is -0.946. The second kappa shape index (κ2) is 5.49. The molecule has 1 N–H and O–H groups in total. The first kappa shape index (κ1) is 13.0. The molecular formula is C10H9BrN4O2S. The first-order valence-corrected chi connectivity index (χ1v) is 6.72. The van der Waals surface area contributed by atoms with E-state index in [0.29, 0.717) is 15.4 Å². The van der Waals surface area contributed by atoms with E-state index in [9.17, 15) is 4.79 Å². The molecule has 0 aliphatic heterocycles. The van der Waals surface area contributed by atoms with Crippen molar-refractivity contribution in [1.29, 1.82) is 0 Å². The molecule has 2 rings (SSSR count). The van der Waals surface area contributed by atoms with Crippen LogP contribution in [0.25, 0.3) is 0 Å². The molecule has 1 aromatic heterocycles. The van der Waals surface area contributed by atoms with Crippen molar-refractivity contribution in [2.75, 3.05) is 0 Å². The molecule has 0 atom stereocenters. The fourth-order valence-corrected chi connectivity index (χ4v) is 2.70. The Balaban J connectivity index is 2.09. The molecule has 2 aromatic rings. The second-order valence-electron chi connectivity index (χ2n) is 3.49. The normalized spacial score (nSPS) is 10.6. The predicted molar refractivity (Wildman–Crippen MR) is 69.5 cm³/mol. The summed E-state index contributed by atoms with van der Waals surface area (Å²) in [5, 5.41) is 20.8. The summed E-state index contributed by atoms with van der Waals surface area (Å²) in [7, 11) is 1.77. The zero-order valence-electron chi connectivity index (χ0n) is 9.37. The molecule has 0 spiro atoms. The van der Waals surface area contributed by atoms with Crippen molar-refractivity contribution < 1.29 is 9.90 Å². The largest absolute Gasteiger partial charge is 0.478 e. The van der Waals surface area contributed by atoms with Crippen LogP contribution >= 0.6 is 27.7 Å². The van der Waals surface area contributed by atoms with Crippen molar-refractivity contribution >= 4 is 33.7 Å². The summed E-state index contributed by atoms with van der Waals surface area (Å²) >= 11 is 4.73. The summed E-state index contributed by atoms with van der Waals surface area (Å²) in [6, 6.07) is 5.16. The fraction of sp³-hybridized carbons (Fsp3) is 0.200. The summed E-state index contributed by atoms with van der Waals surface area (Å²) in [6.07, 6.45) is 0. The molecule has 1 aromatic carbocycles. The Hall–Kier alpha value is -1.41. The molecule has 0 saturated carbocycles. The van der Waals surface area contributed by atoms with Gasteiger partial charge in [-0.15, -0.1) is 5.10 Å². The van der Waals surface area contributed by atoms with Crippen LogP contribution < -0.4 is 0 Å². The molecule has 0 bridgehead atoms. The summed E-state index contributed by atoms with van der Waals surface area (Å²) in [4.78, 5) is 10.9. The number of aromatic carboxylic acids is 1. The van der Waals surface area contributed by atoms with Gasteiger partial charge in [-0.3, -0.25) is 0 Å². The van der Waals surface area contributed by atoms with Gasteiger partial charge < -0.3 is 5.11 Å². The monoisotopic (exact) mass is 328 g/mol. The molecule has 6 nitrogen and oxygen atoms in total. The highest BCUT2D eigenvalue weighted by atomic mass is 79.9. The third kappa shape index (κ3) is 2.88. The average molecular weight is 329 g/mol. The maximum atomic E-state index is 10.9. The zero-order valence-corrected chi connectivity index (χ0v) is 11.8. The van der Waals surface area contributed by atoms with Crippen LogP contribution in [0.1, 0.15) is 15.9 Å². The van der Waals surface area contributed by atoms with Crippen molar-refractivity contribution in [3.05, 3.63) is 33.8 Å². The van der Waals surface area contributed by atoms with Crippen LogP contribution in [0.3, 0.4) is 0 Å². The smallest absolute Gasteiger partial charge is 0.336 e. The SMILES string of the molecule is Cn1nnnc1SCc1ccc(C(=O)O)c(Br)c1. The van der Waals surface area contributed by atoms with Gasteiger partial charge in [-0.05, 0) is 44.1 Å². The number of halogens is 1. The Morgan fingerprint density at radius 2 is 2.33 bits per heavy atom. The molecule has 0 radical (unpaired) electrons. The fourth-order valence-electron chi connectivity index (χ4n) is 1.31. The molecule has 94 valence electrons. The number of benzene rings is 1. The quantitative estimate of drug-likeness (QED) is 0.864. The number of aromatic nitrogens is 4. The number of hydrogen-bond acceptors (Lipinski definition) is 5. The van der Waals surface area contributed by atoms with Gasteiger partial charge in [-0.25, -0.2) is 9.48 Å². The molecule has 18 heavy (non-hydrogen) atoms. The van der Waals surface area contributed by atoms with Gasteiger partial charge in [0, 0.05) is 17.3 Å². The Bertz CT molecular complexity index is 587. The van der Waals surface area contributed by atoms with Gasteiger partial charge in [0.25, 0.3) is 0 Å².